The number of benzene rings is 2. The highest BCUT2D eigenvalue weighted by atomic mass is 32.2. The number of fused-ring (bicyclic) bond motifs is 5. The second kappa shape index (κ2) is 14.8. The van der Waals surface area contributed by atoms with E-state index in [4.69, 9.17) is 23.0 Å². The fourth-order valence-corrected chi connectivity index (χ4v) is 8.38. The molecule has 0 N–H and O–H groups in total. The zero-order valence-electron chi connectivity index (χ0n) is 28.0. The maximum atomic E-state index is 14.6. The van der Waals surface area contributed by atoms with Crippen LogP contribution in [0.3, 0.4) is 0 Å². The van der Waals surface area contributed by atoms with Crippen LogP contribution in [-0.4, -0.2) is 87.3 Å². The lowest BCUT2D eigenvalue weighted by atomic mass is 9.93. The monoisotopic (exact) mass is 759 g/mol. The second-order valence-electron chi connectivity index (χ2n) is 11.9. The number of rotatable bonds is 11. The number of morpholine rings is 1. The van der Waals surface area contributed by atoms with Gasteiger partial charge >= 0.3 is 20.1 Å². The van der Waals surface area contributed by atoms with Crippen molar-refractivity contribution in [3.8, 4) is 5.75 Å². The van der Waals surface area contributed by atoms with E-state index in [2.05, 4.69) is 48.2 Å². The number of phosphoric ester groups is 1. The minimum Gasteiger partial charge on any atom is -0.460 e. The number of phosphoric acid groups is 1. The molecule has 1 saturated carbocycles. The van der Waals surface area contributed by atoms with Gasteiger partial charge in [0.2, 0.25) is 31.6 Å². The first-order valence-corrected chi connectivity index (χ1v) is 18.5. The van der Waals surface area contributed by atoms with Gasteiger partial charge in [-0.05, 0) is 35.6 Å². The van der Waals surface area contributed by atoms with Gasteiger partial charge in [-0.15, -0.1) is 11.8 Å². The summed E-state index contributed by atoms with van der Waals surface area (Å²) in [7, 11) is -2.63. The number of thioether (sulfide) groups is 1. The highest BCUT2D eigenvalue weighted by Crippen LogP contribution is 2.52. The summed E-state index contributed by atoms with van der Waals surface area (Å²) in [6, 6.07) is 17.0. The van der Waals surface area contributed by atoms with E-state index < -0.39 is 69.6 Å². The lowest BCUT2D eigenvalue weighted by Crippen LogP contribution is -2.70. The molecule has 1 aromatic heterocycles. The van der Waals surface area contributed by atoms with Crippen LogP contribution in [0, 0.1) is 0 Å². The molecule has 1 spiro atoms. The number of pyridine rings is 1. The third-order valence-electron chi connectivity index (χ3n) is 9.02. The molecular weight excluding hydrogens is 725 g/mol. The smallest absolute Gasteiger partial charge is 0.460 e. The van der Waals surface area contributed by atoms with Gasteiger partial charge in [0, 0.05) is 22.9 Å². The van der Waals surface area contributed by atoms with E-state index in [1.165, 1.54) is 12.3 Å². The van der Waals surface area contributed by atoms with Gasteiger partial charge in [-0.3, -0.25) is 19.3 Å². The van der Waals surface area contributed by atoms with Crippen molar-refractivity contribution < 1.29 is 60.9 Å². The Morgan fingerprint density at radius 1 is 0.904 bits per heavy atom. The molecule has 2 aromatic carbocycles. The molecule has 276 valence electrons. The van der Waals surface area contributed by atoms with Crippen LogP contribution in [0.1, 0.15) is 46.1 Å². The van der Waals surface area contributed by atoms with Crippen molar-refractivity contribution in [1.29, 1.82) is 0 Å². The maximum Gasteiger partial charge on any atom is 0.510 e. The van der Waals surface area contributed by atoms with Crippen LogP contribution >= 0.6 is 19.6 Å². The van der Waals surface area contributed by atoms with Crippen LogP contribution in [0.15, 0.2) is 70.5 Å². The molecule has 4 heterocycles. The number of nitrogens with zero attached hydrogens (tertiary/aromatic N) is 3. The van der Waals surface area contributed by atoms with Gasteiger partial charge in [-0.1, -0.05) is 42.5 Å². The first-order valence-electron chi connectivity index (χ1n) is 16.0. The van der Waals surface area contributed by atoms with Gasteiger partial charge in [0.1, 0.15) is 6.17 Å². The molecule has 4 aliphatic rings. The molecule has 1 aliphatic carbocycles. The summed E-state index contributed by atoms with van der Waals surface area (Å²) in [6.07, 6.45) is 0.0897. The Kier molecular flexibility index (Phi) is 10.2. The van der Waals surface area contributed by atoms with Gasteiger partial charge in [0.05, 0.1) is 39.0 Å². The van der Waals surface area contributed by atoms with E-state index in [1.807, 2.05) is 24.3 Å². The van der Waals surface area contributed by atoms with E-state index in [1.54, 1.807) is 21.3 Å². The second-order valence-corrected chi connectivity index (χ2v) is 14.6. The summed E-state index contributed by atoms with van der Waals surface area (Å²) in [5.74, 6) is -0.105. The Balaban J connectivity index is 1.26. The minimum absolute atomic E-state index is 0.0768. The van der Waals surface area contributed by atoms with E-state index >= 15 is 0 Å². The van der Waals surface area contributed by atoms with E-state index in [9.17, 15) is 23.7 Å². The summed E-state index contributed by atoms with van der Waals surface area (Å²) in [6.45, 7) is -2.31. The average Bonchev–Trinajstić information content (AvgIpc) is 3.94. The number of amides is 1. The summed E-state index contributed by atoms with van der Waals surface area (Å²) < 4.78 is 60.2. The fourth-order valence-electron chi connectivity index (χ4n) is 6.52. The Morgan fingerprint density at radius 2 is 1.56 bits per heavy atom. The molecule has 17 nitrogen and oxygen atoms in total. The predicted octanol–water partition coefficient (Wildman–Crippen LogP) is 4.50. The normalized spacial score (nSPS) is 19.7. The summed E-state index contributed by atoms with van der Waals surface area (Å²) >= 11 is 1.72. The van der Waals surface area contributed by atoms with Crippen LogP contribution < -0.4 is 15.2 Å². The summed E-state index contributed by atoms with van der Waals surface area (Å²) in [5.41, 5.74) is 1.85. The number of hydrogen-bond acceptors (Lipinski definition) is 16. The van der Waals surface area contributed by atoms with Crippen molar-refractivity contribution in [2.45, 2.75) is 41.2 Å². The molecular formula is C33H34N3O14PS. The van der Waals surface area contributed by atoms with Crippen LogP contribution in [-0.2, 0) is 47.6 Å². The van der Waals surface area contributed by atoms with E-state index in [-0.39, 0.29) is 18.1 Å². The van der Waals surface area contributed by atoms with Crippen LogP contribution in [0.4, 0.5) is 9.59 Å². The largest absolute Gasteiger partial charge is 0.510 e. The number of methoxy groups -OCH3 is 2. The molecule has 0 unspecified atom stereocenters. The summed E-state index contributed by atoms with van der Waals surface area (Å²) in [4.78, 5) is 53.8. The topological polar surface area (TPSA) is 180 Å². The Bertz CT molecular complexity index is 1900. The lowest BCUT2D eigenvalue weighted by Gasteiger charge is -2.54. The third kappa shape index (κ3) is 6.85. The van der Waals surface area contributed by atoms with Gasteiger partial charge in [-0.25, -0.2) is 27.7 Å². The molecule has 7 rings (SSSR count). The van der Waals surface area contributed by atoms with Crippen LogP contribution in [0.25, 0.3) is 0 Å². The van der Waals surface area contributed by atoms with Crippen molar-refractivity contribution in [3.63, 3.8) is 0 Å². The molecule has 3 aliphatic heterocycles. The molecule has 2 fully saturated rings. The Morgan fingerprint density at radius 3 is 2.25 bits per heavy atom. The first kappa shape index (κ1) is 35.8. The Labute approximate surface area is 301 Å². The number of carbonyl (C=O) groups is 3. The van der Waals surface area contributed by atoms with Crippen LogP contribution in [0.5, 0.6) is 5.75 Å². The molecule has 19 heteroatoms. The van der Waals surface area contributed by atoms with Crippen molar-refractivity contribution in [2.75, 3.05) is 52.8 Å². The van der Waals surface area contributed by atoms with Crippen molar-refractivity contribution >= 4 is 37.8 Å². The standard InChI is InChI=1S/C33H34N3O14PS/c1-42-31(39)46-19-49-51(41,50-20-47-32(40)43-2)48-18-45-29-24(37)11-14-34-28(29)30(38)35-26(15-44-17-33(35)12-13-33)36(34)27-22-8-4-3-7-21(22)16-52-25-10-6-5-9-23(25)27/h3-11,14,26-27H,12-13,15-20H2,1-2H3/t26-,27+/m1/s1. The molecule has 1 saturated heterocycles. The third-order valence-corrected chi connectivity index (χ3v) is 11.4. The predicted molar refractivity (Wildman–Crippen MR) is 179 cm³/mol. The van der Waals surface area contributed by atoms with E-state index in [0.717, 1.165) is 41.6 Å². The zero-order chi connectivity index (χ0) is 36.5. The SMILES string of the molecule is COC(=O)OCOP(=O)(OCOC(=O)OC)OCOc1c2n(ccc1=O)N([C@H]1c3ccccc3CSc3ccccc31)[C@@H]1COCC3(CC3)N1C2=O. The van der Waals surface area contributed by atoms with E-state index in [0.29, 0.717) is 19.4 Å². The molecule has 0 bridgehead atoms. The molecule has 0 radical (unpaired) electrons. The van der Waals surface area contributed by atoms with Gasteiger partial charge in [0.25, 0.3) is 5.91 Å². The minimum atomic E-state index is -4.72. The Hall–Kier alpha value is -4.58. The highest BCUT2D eigenvalue weighted by Gasteiger charge is 2.60. The molecule has 2 atom stereocenters. The number of aromatic nitrogens is 1. The average molecular weight is 760 g/mol. The zero-order valence-corrected chi connectivity index (χ0v) is 29.7. The number of carbonyl (C=O) groups excluding carboxylic acids is 3. The fraction of sp³-hybridized carbons (Fsp3) is 0.394. The summed E-state index contributed by atoms with van der Waals surface area (Å²) in [5, 5.41) is 2.05. The molecule has 52 heavy (non-hydrogen) atoms. The molecule has 1 amide bonds. The van der Waals surface area contributed by atoms with Crippen LogP contribution in [0.2, 0.25) is 0 Å². The van der Waals surface area contributed by atoms with Crippen molar-refractivity contribution in [1.82, 2.24) is 9.58 Å². The van der Waals surface area contributed by atoms with Gasteiger partial charge in [-0.2, -0.15) is 0 Å². The van der Waals surface area contributed by atoms with Crippen molar-refractivity contribution in [3.05, 3.63) is 93.4 Å². The van der Waals surface area contributed by atoms with Crippen molar-refractivity contribution in [2.24, 2.45) is 0 Å². The quantitative estimate of drug-likeness (QED) is 0.151. The number of hydrogen-bond donors (Lipinski definition) is 0. The van der Waals surface area contributed by atoms with Gasteiger partial charge in [0.15, 0.2) is 5.69 Å². The molecule has 3 aromatic rings. The highest BCUT2D eigenvalue weighted by molar-refractivity contribution is 7.98. The first-order chi connectivity index (χ1) is 25.2. The maximum absolute atomic E-state index is 14.6. The number of ether oxygens (including phenoxy) is 6. The lowest BCUT2D eigenvalue weighted by molar-refractivity contribution is -0.0622. The van der Waals surface area contributed by atoms with Gasteiger partial charge < -0.3 is 33.3 Å².